The van der Waals surface area contributed by atoms with Crippen LogP contribution in [0.25, 0.3) is 0 Å². The highest BCUT2D eigenvalue weighted by molar-refractivity contribution is 7.98. The van der Waals surface area contributed by atoms with Gasteiger partial charge in [0.15, 0.2) is 0 Å². The Morgan fingerprint density at radius 2 is 1.19 bits per heavy atom. The van der Waals surface area contributed by atoms with Crippen molar-refractivity contribution in [2.45, 2.75) is 21.3 Å². The molecule has 0 aliphatic heterocycles. The Labute approximate surface area is 220 Å². The van der Waals surface area contributed by atoms with Crippen LogP contribution in [0.15, 0.2) is 107 Å². The number of nitrogens with zero attached hydrogens (tertiary/aromatic N) is 1. The first kappa shape index (κ1) is 27.0. The lowest BCUT2D eigenvalue weighted by atomic mass is 10.2. The number of nitro benzene ring substituents is 1. The number of thioether (sulfide) groups is 2. The summed E-state index contributed by atoms with van der Waals surface area (Å²) in [7, 11) is 3.19. The monoisotopic (exact) mass is 520 g/mol. The quantitative estimate of drug-likeness (QED) is 0.106. The lowest BCUT2D eigenvalue weighted by Crippen LogP contribution is -1.92. The number of nitro groups is 1. The minimum absolute atomic E-state index is 0.0425. The maximum absolute atomic E-state index is 10.7. The van der Waals surface area contributed by atoms with Crippen LogP contribution in [0.5, 0.6) is 11.5 Å². The van der Waals surface area contributed by atoms with Crippen LogP contribution in [0.3, 0.4) is 0 Å². The molecule has 2 N–H and O–H groups in total. The highest BCUT2D eigenvalue weighted by Crippen LogP contribution is 2.34. The summed E-state index contributed by atoms with van der Waals surface area (Å²) in [6.45, 7) is 0. The van der Waals surface area contributed by atoms with E-state index in [1.807, 2.05) is 54.6 Å². The van der Waals surface area contributed by atoms with Crippen molar-refractivity contribution in [1.29, 1.82) is 0 Å². The third kappa shape index (κ3) is 8.25. The smallest absolute Gasteiger partial charge is 0.273 e. The van der Waals surface area contributed by atoms with E-state index in [0.717, 1.165) is 32.7 Å². The molecule has 4 aromatic carbocycles. The Morgan fingerprint density at radius 1 is 0.722 bits per heavy atom. The van der Waals surface area contributed by atoms with Crippen LogP contribution in [0.4, 0.5) is 11.4 Å². The standard InChI is InChI=1S/C14H13NO3S.C14H15NOS/c1-18-13-9-12(15(16)17)7-8-14(13)19-10-11-5-3-2-4-6-11;1-16-13-9-12(15)7-8-14(13)17-10-11-5-3-2-4-6-11/h2-9H,10H2,1H3;2-9H,10,15H2,1H3. The summed E-state index contributed by atoms with van der Waals surface area (Å²) in [5.74, 6) is 3.11. The third-order valence-electron chi connectivity index (χ3n) is 5.02. The van der Waals surface area contributed by atoms with Gasteiger partial charge < -0.3 is 15.2 Å². The van der Waals surface area contributed by atoms with Crippen molar-refractivity contribution in [2.75, 3.05) is 20.0 Å². The molecule has 6 nitrogen and oxygen atoms in total. The van der Waals surface area contributed by atoms with Gasteiger partial charge in [-0.05, 0) is 29.3 Å². The van der Waals surface area contributed by atoms with Crippen molar-refractivity contribution in [3.8, 4) is 11.5 Å². The number of non-ortho nitro benzene ring substituents is 1. The summed E-state index contributed by atoms with van der Waals surface area (Å²) in [5.41, 5.74) is 9.00. The fraction of sp³-hybridized carbons (Fsp3) is 0.143. The first-order valence-corrected chi connectivity index (χ1v) is 13.1. The number of nitrogens with two attached hydrogens (primary N) is 1. The largest absolute Gasteiger partial charge is 0.496 e. The second-order valence-corrected chi connectivity index (χ2v) is 9.59. The zero-order chi connectivity index (χ0) is 25.8. The summed E-state index contributed by atoms with van der Waals surface area (Å²) in [6, 6.07) is 30.8. The molecule has 0 saturated carbocycles. The van der Waals surface area contributed by atoms with Crippen molar-refractivity contribution < 1.29 is 14.4 Å². The van der Waals surface area contributed by atoms with Crippen LogP contribution in [-0.4, -0.2) is 19.1 Å². The van der Waals surface area contributed by atoms with Crippen LogP contribution in [-0.2, 0) is 11.5 Å². The third-order valence-corrected chi connectivity index (χ3v) is 7.27. The molecule has 0 radical (unpaired) electrons. The van der Waals surface area contributed by atoms with Crippen LogP contribution in [0.1, 0.15) is 11.1 Å². The van der Waals surface area contributed by atoms with E-state index in [-0.39, 0.29) is 5.69 Å². The molecule has 4 rings (SSSR count). The van der Waals surface area contributed by atoms with Crippen molar-refractivity contribution >= 4 is 34.9 Å². The molecule has 0 unspecified atom stereocenters. The van der Waals surface area contributed by atoms with Crippen molar-refractivity contribution in [3.63, 3.8) is 0 Å². The Kier molecular flexibility index (Phi) is 10.5. The number of hydrogen-bond donors (Lipinski definition) is 1. The molecule has 0 saturated heterocycles. The lowest BCUT2D eigenvalue weighted by molar-refractivity contribution is -0.385. The molecule has 0 heterocycles. The SMILES string of the molecule is COc1cc(N)ccc1SCc1ccccc1.COc1cc([N+](=O)[O-])ccc1SCc1ccccc1. The van der Waals surface area contributed by atoms with E-state index in [1.54, 1.807) is 36.7 Å². The Hall–Kier alpha value is -3.62. The van der Waals surface area contributed by atoms with Gasteiger partial charge in [-0.2, -0.15) is 0 Å². The predicted octanol–water partition coefficient (Wildman–Crippen LogP) is 7.47. The predicted molar refractivity (Wildman–Crippen MR) is 149 cm³/mol. The van der Waals surface area contributed by atoms with E-state index in [2.05, 4.69) is 24.3 Å². The minimum Gasteiger partial charge on any atom is -0.496 e. The molecule has 8 heteroatoms. The Morgan fingerprint density at radius 3 is 1.67 bits per heavy atom. The van der Waals surface area contributed by atoms with Gasteiger partial charge in [0.25, 0.3) is 5.69 Å². The van der Waals surface area contributed by atoms with E-state index in [4.69, 9.17) is 15.2 Å². The highest BCUT2D eigenvalue weighted by atomic mass is 32.2. The second-order valence-electron chi connectivity index (χ2n) is 7.55. The van der Waals surface area contributed by atoms with Crippen LogP contribution < -0.4 is 15.2 Å². The normalized spacial score (nSPS) is 10.2. The molecule has 0 atom stereocenters. The summed E-state index contributed by atoms with van der Waals surface area (Å²) in [6.07, 6.45) is 0. The number of ether oxygens (including phenoxy) is 2. The summed E-state index contributed by atoms with van der Waals surface area (Å²) in [5, 5.41) is 10.7. The van der Waals surface area contributed by atoms with E-state index in [1.165, 1.54) is 30.4 Å². The van der Waals surface area contributed by atoms with E-state index >= 15 is 0 Å². The van der Waals surface area contributed by atoms with Gasteiger partial charge in [-0.3, -0.25) is 10.1 Å². The number of nitrogen functional groups attached to an aromatic ring is 1. The topological polar surface area (TPSA) is 87.6 Å². The molecule has 36 heavy (non-hydrogen) atoms. The number of rotatable bonds is 9. The van der Waals surface area contributed by atoms with E-state index in [0.29, 0.717) is 5.75 Å². The summed E-state index contributed by atoms with van der Waals surface area (Å²) in [4.78, 5) is 12.3. The van der Waals surface area contributed by atoms with Crippen molar-refractivity contribution in [3.05, 3.63) is 118 Å². The van der Waals surface area contributed by atoms with Crippen molar-refractivity contribution in [1.82, 2.24) is 0 Å². The zero-order valence-electron chi connectivity index (χ0n) is 20.1. The maximum atomic E-state index is 10.7. The molecule has 0 spiro atoms. The fourth-order valence-corrected chi connectivity index (χ4v) is 5.09. The number of methoxy groups -OCH3 is 2. The minimum atomic E-state index is -0.422. The Bertz CT molecular complexity index is 1260. The molecule has 186 valence electrons. The molecule has 0 aliphatic rings. The molecule has 0 aliphatic carbocycles. The van der Waals surface area contributed by atoms with Crippen molar-refractivity contribution in [2.24, 2.45) is 0 Å². The number of anilines is 1. The maximum Gasteiger partial charge on any atom is 0.273 e. The second kappa shape index (κ2) is 14.1. The van der Waals surface area contributed by atoms with Gasteiger partial charge in [0, 0.05) is 34.2 Å². The molecular weight excluding hydrogens is 492 g/mol. The number of hydrogen-bond acceptors (Lipinski definition) is 7. The molecule has 0 amide bonds. The van der Waals surface area contributed by atoms with Crippen LogP contribution in [0, 0.1) is 10.1 Å². The molecule has 0 bridgehead atoms. The van der Waals surface area contributed by atoms with Gasteiger partial charge in [-0.25, -0.2) is 0 Å². The van der Waals surface area contributed by atoms with Gasteiger partial charge in [0.1, 0.15) is 11.5 Å². The molecular formula is C28H28N2O4S2. The first-order chi connectivity index (χ1) is 17.5. The molecule has 0 fully saturated rings. The average molecular weight is 521 g/mol. The fourth-order valence-electron chi connectivity index (χ4n) is 3.16. The van der Waals surface area contributed by atoms with Crippen LogP contribution >= 0.6 is 23.5 Å². The van der Waals surface area contributed by atoms with E-state index < -0.39 is 4.92 Å². The van der Waals surface area contributed by atoms with Gasteiger partial charge >= 0.3 is 0 Å². The van der Waals surface area contributed by atoms with Gasteiger partial charge in [-0.15, -0.1) is 23.5 Å². The lowest BCUT2D eigenvalue weighted by Gasteiger charge is -2.08. The Balaban J connectivity index is 0.000000202. The summed E-state index contributed by atoms with van der Waals surface area (Å²) >= 11 is 3.35. The van der Waals surface area contributed by atoms with Crippen LogP contribution in [0.2, 0.25) is 0 Å². The highest BCUT2D eigenvalue weighted by Gasteiger charge is 2.11. The first-order valence-electron chi connectivity index (χ1n) is 11.1. The van der Waals surface area contributed by atoms with E-state index in [9.17, 15) is 10.1 Å². The number of benzene rings is 4. The molecule has 0 aromatic heterocycles. The van der Waals surface area contributed by atoms with Gasteiger partial charge in [-0.1, -0.05) is 60.7 Å². The molecule has 4 aromatic rings. The zero-order valence-corrected chi connectivity index (χ0v) is 21.8. The van der Waals surface area contributed by atoms with Gasteiger partial charge in [0.2, 0.25) is 0 Å². The van der Waals surface area contributed by atoms with Gasteiger partial charge in [0.05, 0.1) is 30.1 Å². The summed E-state index contributed by atoms with van der Waals surface area (Å²) < 4.78 is 10.5. The average Bonchev–Trinajstić information content (AvgIpc) is 2.92.